The van der Waals surface area contributed by atoms with Crippen LogP contribution in [0.3, 0.4) is 0 Å². The van der Waals surface area contributed by atoms with Crippen molar-refractivity contribution < 1.29 is 18.0 Å². The van der Waals surface area contributed by atoms with Gasteiger partial charge in [-0.3, -0.25) is 9.48 Å². The number of piperidine rings is 1. The predicted molar refractivity (Wildman–Crippen MR) is 90.9 cm³/mol. The normalized spacial score (nSPS) is 18.0. The highest BCUT2D eigenvalue weighted by atomic mass is 19.4. The first kappa shape index (κ1) is 17.4. The molecule has 1 aromatic carbocycles. The molecule has 0 aliphatic carbocycles. The van der Waals surface area contributed by atoms with Crippen LogP contribution in [0.4, 0.5) is 13.2 Å². The van der Waals surface area contributed by atoms with E-state index < -0.39 is 11.9 Å². The summed E-state index contributed by atoms with van der Waals surface area (Å²) in [5, 5.41) is 13.1. The largest absolute Gasteiger partial charge is 0.435 e. The Bertz CT molecular complexity index is 979. The summed E-state index contributed by atoms with van der Waals surface area (Å²) in [6.45, 7) is 0.802. The zero-order chi connectivity index (χ0) is 19.0. The zero-order valence-corrected chi connectivity index (χ0v) is 14.2. The predicted octanol–water partition coefficient (Wildman–Crippen LogP) is 3.32. The molecule has 6 nitrogen and oxygen atoms in total. The Kier molecular flexibility index (Phi) is 4.29. The zero-order valence-electron chi connectivity index (χ0n) is 14.2. The van der Waals surface area contributed by atoms with Crippen molar-refractivity contribution in [2.45, 2.75) is 25.1 Å². The van der Waals surface area contributed by atoms with Crippen LogP contribution in [0.15, 0.2) is 42.7 Å². The highest BCUT2D eigenvalue weighted by Crippen LogP contribution is 2.29. The van der Waals surface area contributed by atoms with Gasteiger partial charge in [-0.2, -0.15) is 23.4 Å². The molecular formula is C18H16F3N5O. The molecule has 2 aromatic heterocycles. The number of halogens is 3. The lowest BCUT2D eigenvalue weighted by Gasteiger charge is -2.32. The summed E-state index contributed by atoms with van der Waals surface area (Å²) in [7, 11) is 0. The molecule has 1 aliphatic rings. The van der Waals surface area contributed by atoms with E-state index in [0.29, 0.717) is 24.8 Å². The van der Waals surface area contributed by atoms with Gasteiger partial charge in [-0.05, 0) is 18.9 Å². The summed E-state index contributed by atoms with van der Waals surface area (Å²) in [6, 6.07) is 7.98. The minimum atomic E-state index is -4.48. The standard InChI is InChI=1S/C18H16F3N5O/c19-18(20,21)15-7-9-26(24-15)13-5-3-8-25(11-13)17(27)16-14-6-2-1-4-12(14)10-22-23-16/h1-2,4,6-7,9-10,13H,3,5,8,11H2. The van der Waals surface area contributed by atoms with Crippen LogP contribution in [0.2, 0.25) is 0 Å². The average Bonchev–Trinajstić information content (AvgIpc) is 3.18. The van der Waals surface area contributed by atoms with Gasteiger partial charge in [-0.1, -0.05) is 24.3 Å². The molecule has 0 bridgehead atoms. The van der Waals surface area contributed by atoms with Crippen molar-refractivity contribution in [1.82, 2.24) is 24.9 Å². The van der Waals surface area contributed by atoms with Crippen LogP contribution in [0.25, 0.3) is 10.8 Å². The van der Waals surface area contributed by atoms with Crippen LogP contribution >= 0.6 is 0 Å². The van der Waals surface area contributed by atoms with Crippen molar-refractivity contribution in [1.29, 1.82) is 0 Å². The Hall–Kier alpha value is -2.97. The Morgan fingerprint density at radius 3 is 2.78 bits per heavy atom. The van der Waals surface area contributed by atoms with E-state index in [0.717, 1.165) is 11.5 Å². The number of amides is 1. The monoisotopic (exact) mass is 375 g/mol. The third kappa shape index (κ3) is 3.36. The summed E-state index contributed by atoms with van der Waals surface area (Å²) in [6.07, 6.45) is -0.236. The van der Waals surface area contributed by atoms with Gasteiger partial charge in [0.05, 0.1) is 12.2 Å². The fourth-order valence-electron chi connectivity index (χ4n) is 3.38. The summed E-state index contributed by atoms with van der Waals surface area (Å²) in [4.78, 5) is 14.6. The van der Waals surface area contributed by atoms with Crippen molar-refractivity contribution in [2.75, 3.05) is 13.1 Å². The van der Waals surface area contributed by atoms with Crippen molar-refractivity contribution in [3.8, 4) is 0 Å². The number of likely N-dealkylation sites (tertiary alicyclic amines) is 1. The summed E-state index contributed by atoms with van der Waals surface area (Å²) in [5.41, 5.74) is -0.670. The second kappa shape index (κ2) is 6.64. The number of benzene rings is 1. The fourth-order valence-corrected chi connectivity index (χ4v) is 3.38. The molecule has 4 rings (SSSR count). The van der Waals surface area contributed by atoms with E-state index in [9.17, 15) is 18.0 Å². The number of nitrogens with zero attached hydrogens (tertiary/aromatic N) is 5. The highest BCUT2D eigenvalue weighted by molar-refractivity contribution is 6.04. The van der Waals surface area contributed by atoms with E-state index in [1.54, 1.807) is 11.1 Å². The van der Waals surface area contributed by atoms with Crippen LogP contribution in [0, 0.1) is 0 Å². The molecule has 0 radical (unpaired) electrons. The van der Waals surface area contributed by atoms with Crippen molar-refractivity contribution in [3.05, 3.63) is 54.1 Å². The van der Waals surface area contributed by atoms with Gasteiger partial charge in [0.25, 0.3) is 5.91 Å². The van der Waals surface area contributed by atoms with Crippen molar-refractivity contribution >= 4 is 16.7 Å². The lowest BCUT2D eigenvalue weighted by atomic mass is 10.0. The second-order valence-electron chi connectivity index (χ2n) is 6.51. The number of alkyl halides is 3. The van der Waals surface area contributed by atoms with Crippen LogP contribution in [0.5, 0.6) is 0 Å². The summed E-state index contributed by atoms with van der Waals surface area (Å²) in [5.74, 6) is -0.271. The van der Waals surface area contributed by atoms with Gasteiger partial charge in [0.2, 0.25) is 0 Å². The number of rotatable bonds is 2. The van der Waals surface area contributed by atoms with Crippen LogP contribution < -0.4 is 0 Å². The second-order valence-corrected chi connectivity index (χ2v) is 6.51. The maximum absolute atomic E-state index is 13.0. The van der Waals surface area contributed by atoms with Gasteiger partial charge in [-0.15, -0.1) is 5.10 Å². The van der Waals surface area contributed by atoms with Crippen molar-refractivity contribution in [2.24, 2.45) is 0 Å². The van der Waals surface area contributed by atoms with E-state index in [1.807, 2.05) is 24.3 Å². The minimum absolute atomic E-state index is 0.255. The quantitative estimate of drug-likeness (QED) is 0.689. The van der Waals surface area contributed by atoms with E-state index in [4.69, 9.17) is 0 Å². The van der Waals surface area contributed by atoms with Gasteiger partial charge < -0.3 is 4.90 Å². The molecule has 3 heterocycles. The van der Waals surface area contributed by atoms with Crippen LogP contribution in [0.1, 0.15) is 35.1 Å². The van der Waals surface area contributed by atoms with Gasteiger partial charge in [-0.25, -0.2) is 0 Å². The van der Waals surface area contributed by atoms with E-state index >= 15 is 0 Å². The van der Waals surface area contributed by atoms with E-state index in [1.165, 1.54) is 10.9 Å². The first-order valence-electron chi connectivity index (χ1n) is 8.55. The topological polar surface area (TPSA) is 63.9 Å². The Morgan fingerprint density at radius 2 is 2.00 bits per heavy atom. The smallest absolute Gasteiger partial charge is 0.335 e. The molecule has 9 heteroatoms. The van der Waals surface area contributed by atoms with Gasteiger partial charge in [0.1, 0.15) is 0 Å². The van der Waals surface area contributed by atoms with Gasteiger partial charge in [0.15, 0.2) is 11.4 Å². The number of fused-ring (bicyclic) bond motifs is 1. The molecule has 1 amide bonds. The van der Waals surface area contributed by atoms with Crippen LogP contribution in [-0.2, 0) is 6.18 Å². The van der Waals surface area contributed by atoms with E-state index in [2.05, 4.69) is 15.3 Å². The molecule has 140 valence electrons. The number of aromatic nitrogens is 4. The molecule has 27 heavy (non-hydrogen) atoms. The molecule has 0 N–H and O–H groups in total. The van der Waals surface area contributed by atoms with Gasteiger partial charge >= 0.3 is 6.18 Å². The lowest BCUT2D eigenvalue weighted by molar-refractivity contribution is -0.141. The van der Waals surface area contributed by atoms with Gasteiger partial charge in [0, 0.05) is 30.1 Å². The third-order valence-electron chi connectivity index (χ3n) is 4.73. The minimum Gasteiger partial charge on any atom is -0.335 e. The Balaban J connectivity index is 1.57. The number of hydrogen-bond acceptors (Lipinski definition) is 4. The maximum atomic E-state index is 13.0. The van der Waals surface area contributed by atoms with Crippen LogP contribution in [-0.4, -0.2) is 43.9 Å². The van der Waals surface area contributed by atoms with Crippen molar-refractivity contribution in [3.63, 3.8) is 0 Å². The first-order valence-corrected chi connectivity index (χ1v) is 8.55. The number of carbonyl (C=O) groups excluding carboxylic acids is 1. The third-order valence-corrected chi connectivity index (χ3v) is 4.73. The molecule has 3 aromatic rings. The molecular weight excluding hydrogens is 359 g/mol. The number of carbonyl (C=O) groups is 1. The number of hydrogen-bond donors (Lipinski definition) is 0. The molecule has 1 unspecified atom stereocenters. The first-order chi connectivity index (χ1) is 12.9. The SMILES string of the molecule is O=C(c1nncc2ccccc12)N1CCCC(n2ccc(C(F)(F)F)n2)C1. The lowest BCUT2D eigenvalue weighted by Crippen LogP contribution is -2.41. The van der Waals surface area contributed by atoms with E-state index in [-0.39, 0.29) is 24.2 Å². The molecule has 0 saturated carbocycles. The average molecular weight is 375 g/mol. The highest BCUT2D eigenvalue weighted by Gasteiger charge is 2.35. The summed E-state index contributed by atoms with van der Waals surface area (Å²) >= 11 is 0. The molecule has 1 saturated heterocycles. The molecule has 1 fully saturated rings. The Labute approximate surface area is 152 Å². The molecule has 0 spiro atoms. The maximum Gasteiger partial charge on any atom is 0.435 e. The fraction of sp³-hybridized carbons (Fsp3) is 0.333. The molecule has 1 atom stereocenters. The molecule has 1 aliphatic heterocycles. The Morgan fingerprint density at radius 1 is 1.19 bits per heavy atom. The summed E-state index contributed by atoms with van der Waals surface area (Å²) < 4.78 is 39.7.